The molecule has 4 rings (SSSR count). The standard InChI is InChI=1S/C21H32O4/c1-12-14-4-5-18-20(3)10-16(25-13(2)23)8-15(11-22)17(20)6-7-21(18,9-14)19(12)24/h14-19,22,24H,1,4-11H2,2-3H3/t14-,15+,16-,17+,18-,19+,20-,21-/m1/s1. The summed E-state index contributed by atoms with van der Waals surface area (Å²) in [4.78, 5) is 11.5. The van der Waals surface area contributed by atoms with Crippen molar-refractivity contribution < 1.29 is 19.7 Å². The van der Waals surface area contributed by atoms with Crippen molar-refractivity contribution in [3.63, 3.8) is 0 Å². The van der Waals surface area contributed by atoms with Gasteiger partial charge in [0.2, 0.25) is 0 Å². The van der Waals surface area contributed by atoms with E-state index in [2.05, 4.69) is 13.5 Å². The molecule has 1 spiro atoms. The minimum absolute atomic E-state index is 0.0145. The van der Waals surface area contributed by atoms with E-state index in [4.69, 9.17) is 4.74 Å². The largest absolute Gasteiger partial charge is 0.463 e. The van der Waals surface area contributed by atoms with Crippen molar-refractivity contribution in [3.05, 3.63) is 12.2 Å². The van der Waals surface area contributed by atoms with Crippen LogP contribution in [0.4, 0.5) is 0 Å². The summed E-state index contributed by atoms with van der Waals surface area (Å²) >= 11 is 0. The normalized spacial score (nSPS) is 51.6. The zero-order chi connectivity index (χ0) is 18.0. The molecule has 25 heavy (non-hydrogen) atoms. The average molecular weight is 348 g/mol. The summed E-state index contributed by atoms with van der Waals surface area (Å²) in [5, 5.41) is 21.1. The molecule has 0 saturated heterocycles. The SMILES string of the molecule is C=C1[C@@H]2CC[C@@H]3[C@]4(C)C[C@H](OC(C)=O)C[C@@H](CO)[C@@H]4CC[C@]3(C2)[C@H]1O. The van der Waals surface area contributed by atoms with Crippen molar-refractivity contribution in [2.45, 2.75) is 71.0 Å². The van der Waals surface area contributed by atoms with Gasteiger partial charge in [-0.25, -0.2) is 0 Å². The van der Waals surface area contributed by atoms with Crippen molar-refractivity contribution in [1.29, 1.82) is 0 Å². The van der Waals surface area contributed by atoms with Gasteiger partial charge in [-0.1, -0.05) is 13.5 Å². The molecule has 8 atom stereocenters. The summed E-state index contributed by atoms with van der Waals surface area (Å²) in [6.45, 7) is 8.19. The molecule has 0 aromatic carbocycles. The van der Waals surface area contributed by atoms with E-state index in [1.165, 1.54) is 6.92 Å². The minimum Gasteiger partial charge on any atom is -0.463 e. The van der Waals surface area contributed by atoms with E-state index in [-0.39, 0.29) is 41.5 Å². The van der Waals surface area contributed by atoms with Crippen molar-refractivity contribution in [2.24, 2.45) is 34.5 Å². The number of rotatable bonds is 2. The van der Waals surface area contributed by atoms with Gasteiger partial charge in [0, 0.05) is 18.9 Å². The number of ether oxygens (including phenoxy) is 1. The Labute approximate surface area is 150 Å². The molecular weight excluding hydrogens is 316 g/mol. The first-order valence-electron chi connectivity index (χ1n) is 9.96. The molecule has 140 valence electrons. The number of aliphatic hydroxyl groups is 2. The van der Waals surface area contributed by atoms with Gasteiger partial charge in [-0.15, -0.1) is 0 Å². The van der Waals surface area contributed by atoms with Gasteiger partial charge in [-0.2, -0.15) is 0 Å². The first kappa shape index (κ1) is 17.5. The lowest BCUT2D eigenvalue weighted by Gasteiger charge is -2.62. The first-order chi connectivity index (χ1) is 11.8. The monoisotopic (exact) mass is 348 g/mol. The van der Waals surface area contributed by atoms with Crippen LogP contribution < -0.4 is 0 Å². The van der Waals surface area contributed by atoms with Crippen LogP contribution in [0, 0.1) is 34.5 Å². The molecule has 4 aliphatic carbocycles. The third-order valence-corrected chi connectivity index (χ3v) is 8.48. The first-order valence-corrected chi connectivity index (χ1v) is 9.96. The Bertz CT molecular complexity index is 586. The second-order valence-corrected chi connectivity index (χ2v) is 9.51. The quantitative estimate of drug-likeness (QED) is 0.594. The van der Waals surface area contributed by atoms with Crippen LogP contribution in [0.25, 0.3) is 0 Å². The maximum absolute atomic E-state index is 11.5. The lowest BCUT2D eigenvalue weighted by atomic mass is 9.43. The Morgan fingerprint density at radius 2 is 2.08 bits per heavy atom. The maximum Gasteiger partial charge on any atom is 0.302 e. The number of aliphatic hydroxyl groups excluding tert-OH is 2. The lowest BCUT2D eigenvalue weighted by Crippen LogP contribution is -2.59. The van der Waals surface area contributed by atoms with Crippen LogP contribution in [0.3, 0.4) is 0 Å². The summed E-state index contributed by atoms with van der Waals surface area (Å²) in [5.41, 5.74) is 1.03. The maximum atomic E-state index is 11.5. The topological polar surface area (TPSA) is 66.8 Å². The molecule has 0 radical (unpaired) electrons. The highest BCUT2D eigenvalue weighted by atomic mass is 16.5. The zero-order valence-corrected chi connectivity index (χ0v) is 15.5. The minimum atomic E-state index is -0.385. The summed E-state index contributed by atoms with van der Waals surface area (Å²) in [5.74, 6) is 1.33. The Balaban J connectivity index is 1.70. The molecule has 4 nitrogen and oxygen atoms in total. The van der Waals surface area contributed by atoms with Crippen molar-refractivity contribution in [3.8, 4) is 0 Å². The molecule has 2 bridgehead atoms. The predicted molar refractivity (Wildman–Crippen MR) is 94.6 cm³/mol. The fraction of sp³-hybridized carbons (Fsp3) is 0.857. The second kappa shape index (κ2) is 5.82. The zero-order valence-electron chi connectivity index (χ0n) is 15.5. The van der Waals surface area contributed by atoms with Gasteiger partial charge in [0.1, 0.15) is 6.10 Å². The molecule has 4 heteroatoms. The lowest BCUT2D eigenvalue weighted by molar-refractivity contribution is -0.186. The van der Waals surface area contributed by atoms with E-state index in [1.54, 1.807) is 0 Å². The number of hydrogen-bond donors (Lipinski definition) is 2. The van der Waals surface area contributed by atoms with Gasteiger partial charge < -0.3 is 14.9 Å². The fourth-order valence-corrected chi connectivity index (χ4v) is 7.65. The van der Waals surface area contributed by atoms with Gasteiger partial charge >= 0.3 is 5.97 Å². The Kier molecular flexibility index (Phi) is 4.08. The number of esters is 1. The van der Waals surface area contributed by atoms with Gasteiger partial charge in [0.25, 0.3) is 0 Å². The van der Waals surface area contributed by atoms with Gasteiger partial charge in [-0.05, 0) is 79.6 Å². The van der Waals surface area contributed by atoms with Crippen LogP contribution in [-0.4, -0.2) is 35.0 Å². The van der Waals surface area contributed by atoms with E-state index >= 15 is 0 Å². The van der Waals surface area contributed by atoms with Crippen LogP contribution in [0.1, 0.15) is 58.8 Å². The molecule has 0 heterocycles. The highest BCUT2D eigenvalue weighted by molar-refractivity contribution is 5.66. The van der Waals surface area contributed by atoms with Gasteiger partial charge in [0.05, 0.1) is 6.10 Å². The summed E-state index contributed by atoms with van der Waals surface area (Å²) in [6.07, 6.45) is 6.56. The second-order valence-electron chi connectivity index (χ2n) is 9.51. The summed E-state index contributed by atoms with van der Waals surface area (Å²) in [6, 6.07) is 0. The van der Waals surface area contributed by atoms with Crippen LogP contribution in [0.5, 0.6) is 0 Å². The van der Waals surface area contributed by atoms with Crippen LogP contribution in [0.2, 0.25) is 0 Å². The molecule has 0 aliphatic heterocycles. The number of hydrogen-bond acceptors (Lipinski definition) is 4. The summed E-state index contributed by atoms with van der Waals surface area (Å²) < 4.78 is 5.61. The van der Waals surface area contributed by atoms with Gasteiger partial charge in [0.15, 0.2) is 0 Å². The fourth-order valence-electron chi connectivity index (χ4n) is 7.65. The molecule has 2 N–H and O–H groups in total. The smallest absolute Gasteiger partial charge is 0.302 e. The van der Waals surface area contributed by atoms with E-state index in [9.17, 15) is 15.0 Å². The average Bonchev–Trinajstić information content (AvgIpc) is 2.73. The predicted octanol–water partition coefficient (Wildman–Crippen LogP) is 3.07. The van der Waals surface area contributed by atoms with Crippen LogP contribution in [0.15, 0.2) is 12.2 Å². The van der Waals surface area contributed by atoms with E-state index in [1.807, 2.05) is 0 Å². The Morgan fingerprint density at radius 3 is 2.76 bits per heavy atom. The van der Waals surface area contributed by atoms with Crippen molar-refractivity contribution >= 4 is 5.97 Å². The van der Waals surface area contributed by atoms with Gasteiger partial charge in [-0.3, -0.25) is 4.79 Å². The van der Waals surface area contributed by atoms with Crippen molar-refractivity contribution in [1.82, 2.24) is 0 Å². The molecule has 0 amide bonds. The Morgan fingerprint density at radius 1 is 1.32 bits per heavy atom. The van der Waals surface area contributed by atoms with E-state index in [0.29, 0.717) is 17.8 Å². The molecule has 4 fully saturated rings. The molecule has 4 saturated carbocycles. The van der Waals surface area contributed by atoms with Crippen molar-refractivity contribution in [2.75, 3.05) is 6.61 Å². The molecule has 0 aromatic heterocycles. The van der Waals surface area contributed by atoms with Crippen LogP contribution >= 0.6 is 0 Å². The molecule has 0 unspecified atom stereocenters. The highest BCUT2D eigenvalue weighted by Crippen LogP contribution is 2.70. The third kappa shape index (κ3) is 2.36. The summed E-state index contributed by atoms with van der Waals surface area (Å²) in [7, 11) is 0. The number of carbonyl (C=O) groups excluding carboxylic acids is 1. The molecular formula is C21H32O4. The number of fused-ring (bicyclic) bond motifs is 3. The third-order valence-electron chi connectivity index (χ3n) is 8.48. The highest BCUT2D eigenvalue weighted by Gasteiger charge is 2.66. The van der Waals surface area contributed by atoms with E-state index in [0.717, 1.165) is 50.5 Å². The van der Waals surface area contributed by atoms with Crippen LogP contribution in [-0.2, 0) is 9.53 Å². The van der Waals surface area contributed by atoms with E-state index < -0.39 is 0 Å². The number of carbonyl (C=O) groups is 1. The Hall–Kier alpha value is -0.870. The molecule has 4 aliphatic rings. The molecule has 0 aromatic rings.